The summed E-state index contributed by atoms with van der Waals surface area (Å²) in [5.74, 6) is 1.51. The van der Waals surface area contributed by atoms with Crippen molar-refractivity contribution in [2.75, 3.05) is 6.61 Å². The number of furan rings is 1. The fourth-order valence-corrected chi connectivity index (χ4v) is 2.42. The molecule has 0 saturated carbocycles. The summed E-state index contributed by atoms with van der Waals surface area (Å²) in [4.78, 5) is 16.4. The quantitative estimate of drug-likeness (QED) is 0.716. The molecule has 2 heterocycles. The van der Waals surface area contributed by atoms with E-state index in [-0.39, 0.29) is 5.91 Å². The van der Waals surface area contributed by atoms with Crippen molar-refractivity contribution >= 4 is 5.91 Å². The molecule has 0 saturated heterocycles. The molecule has 3 rings (SSSR count). The Bertz CT molecular complexity index is 794. The third kappa shape index (κ3) is 4.70. The Morgan fingerprint density at radius 1 is 1.12 bits per heavy atom. The predicted molar refractivity (Wildman–Crippen MR) is 95.1 cm³/mol. The molecule has 0 bridgehead atoms. The van der Waals surface area contributed by atoms with Crippen LogP contribution in [0.25, 0.3) is 11.5 Å². The maximum absolute atomic E-state index is 12.1. The molecule has 0 aliphatic carbocycles. The van der Waals surface area contributed by atoms with Gasteiger partial charge in [0, 0.05) is 12.7 Å². The van der Waals surface area contributed by atoms with Crippen LogP contribution in [0, 0.1) is 0 Å². The van der Waals surface area contributed by atoms with E-state index in [0.717, 1.165) is 28.3 Å². The van der Waals surface area contributed by atoms with E-state index in [1.54, 1.807) is 12.5 Å². The Morgan fingerprint density at radius 3 is 2.56 bits per heavy atom. The van der Waals surface area contributed by atoms with E-state index in [1.165, 1.54) is 0 Å². The first kappa shape index (κ1) is 16.8. The number of benzene rings is 1. The summed E-state index contributed by atoms with van der Waals surface area (Å²) in [7, 11) is 0. The van der Waals surface area contributed by atoms with Crippen molar-refractivity contribution in [1.82, 2.24) is 10.3 Å². The van der Waals surface area contributed by atoms with Gasteiger partial charge in [0.1, 0.15) is 11.4 Å². The van der Waals surface area contributed by atoms with Crippen molar-refractivity contribution < 1.29 is 13.9 Å². The first-order valence-corrected chi connectivity index (χ1v) is 8.22. The van der Waals surface area contributed by atoms with Crippen LogP contribution >= 0.6 is 0 Å². The lowest BCUT2D eigenvalue weighted by molar-refractivity contribution is -0.120. The van der Waals surface area contributed by atoms with Crippen molar-refractivity contribution in [1.29, 1.82) is 0 Å². The molecular formula is C20H20N2O3. The van der Waals surface area contributed by atoms with E-state index >= 15 is 0 Å². The van der Waals surface area contributed by atoms with Crippen LogP contribution in [-0.4, -0.2) is 17.5 Å². The minimum absolute atomic E-state index is 0.0285. The minimum Gasteiger partial charge on any atom is -0.494 e. The number of nitrogens with one attached hydrogen (secondary N) is 1. The molecule has 1 aromatic carbocycles. The number of rotatable bonds is 7. The minimum atomic E-state index is -0.0285. The second-order valence-electron chi connectivity index (χ2n) is 5.56. The summed E-state index contributed by atoms with van der Waals surface area (Å²) in [6.45, 7) is 3.02. The number of carbonyl (C=O) groups excluding carboxylic acids is 1. The zero-order chi connectivity index (χ0) is 17.5. The van der Waals surface area contributed by atoms with Crippen LogP contribution in [0.2, 0.25) is 0 Å². The van der Waals surface area contributed by atoms with Crippen LogP contribution in [0.5, 0.6) is 5.75 Å². The Labute approximate surface area is 146 Å². The number of pyridine rings is 1. The van der Waals surface area contributed by atoms with Crippen molar-refractivity contribution in [2.45, 2.75) is 19.9 Å². The highest BCUT2D eigenvalue weighted by atomic mass is 16.5. The summed E-state index contributed by atoms with van der Waals surface area (Å²) in [5, 5.41) is 2.91. The average Bonchev–Trinajstić information content (AvgIpc) is 3.17. The van der Waals surface area contributed by atoms with Crippen LogP contribution in [0.3, 0.4) is 0 Å². The molecule has 1 N–H and O–H groups in total. The fourth-order valence-electron chi connectivity index (χ4n) is 2.42. The SMILES string of the molecule is CCOc1ccc(CC(=O)NCc2ccc(-c3ccco3)nc2)cc1. The lowest BCUT2D eigenvalue weighted by Gasteiger charge is -2.07. The van der Waals surface area contributed by atoms with E-state index in [1.807, 2.05) is 55.5 Å². The molecule has 0 unspecified atom stereocenters. The van der Waals surface area contributed by atoms with Gasteiger partial charge < -0.3 is 14.5 Å². The Morgan fingerprint density at radius 2 is 1.92 bits per heavy atom. The Kier molecular flexibility index (Phi) is 5.46. The van der Waals surface area contributed by atoms with Crippen LogP contribution in [0.4, 0.5) is 0 Å². The van der Waals surface area contributed by atoms with Gasteiger partial charge in [-0.3, -0.25) is 9.78 Å². The van der Waals surface area contributed by atoms with Gasteiger partial charge in [0.05, 0.1) is 19.3 Å². The first-order chi connectivity index (χ1) is 12.2. The molecule has 0 atom stereocenters. The molecule has 0 aliphatic rings. The normalized spacial score (nSPS) is 10.4. The number of nitrogens with zero attached hydrogens (tertiary/aromatic N) is 1. The van der Waals surface area contributed by atoms with Crippen LogP contribution in [-0.2, 0) is 17.8 Å². The van der Waals surface area contributed by atoms with Crippen molar-refractivity contribution in [3.05, 3.63) is 72.1 Å². The number of hydrogen-bond donors (Lipinski definition) is 1. The Balaban J connectivity index is 1.50. The van der Waals surface area contributed by atoms with Gasteiger partial charge in [-0.05, 0) is 48.4 Å². The third-order valence-corrected chi connectivity index (χ3v) is 3.69. The molecule has 1 amide bonds. The highest BCUT2D eigenvalue weighted by molar-refractivity contribution is 5.78. The van der Waals surface area contributed by atoms with Gasteiger partial charge in [0.2, 0.25) is 5.91 Å². The number of carbonyl (C=O) groups is 1. The van der Waals surface area contributed by atoms with E-state index in [0.29, 0.717) is 19.6 Å². The summed E-state index contributed by atoms with van der Waals surface area (Å²) >= 11 is 0. The summed E-state index contributed by atoms with van der Waals surface area (Å²) < 4.78 is 10.7. The lowest BCUT2D eigenvalue weighted by Crippen LogP contribution is -2.24. The number of hydrogen-bond acceptors (Lipinski definition) is 4. The average molecular weight is 336 g/mol. The Hall–Kier alpha value is -3.08. The molecule has 128 valence electrons. The molecule has 5 heteroatoms. The zero-order valence-electron chi connectivity index (χ0n) is 14.1. The highest BCUT2D eigenvalue weighted by Gasteiger charge is 2.05. The van der Waals surface area contributed by atoms with Gasteiger partial charge in [-0.2, -0.15) is 0 Å². The van der Waals surface area contributed by atoms with Crippen molar-refractivity contribution in [3.8, 4) is 17.2 Å². The molecule has 0 aliphatic heterocycles. The largest absolute Gasteiger partial charge is 0.494 e. The smallest absolute Gasteiger partial charge is 0.224 e. The third-order valence-electron chi connectivity index (χ3n) is 3.69. The first-order valence-electron chi connectivity index (χ1n) is 8.22. The molecular weight excluding hydrogens is 316 g/mol. The molecule has 3 aromatic rings. The molecule has 25 heavy (non-hydrogen) atoms. The van der Waals surface area contributed by atoms with E-state index in [9.17, 15) is 4.79 Å². The van der Waals surface area contributed by atoms with Crippen LogP contribution in [0.1, 0.15) is 18.1 Å². The zero-order valence-corrected chi connectivity index (χ0v) is 14.1. The lowest BCUT2D eigenvalue weighted by atomic mass is 10.1. The van der Waals surface area contributed by atoms with E-state index in [4.69, 9.17) is 9.15 Å². The maximum atomic E-state index is 12.1. The molecule has 0 spiro atoms. The molecule has 5 nitrogen and oxygen atoms in total. The topological polar surface area (TPSA) is 64.4 Å². The standard InChI is InChI=1S/C20H20N2O3/c1-2-24-17-8-5-15(6-9-17)12-20(23)22-14-16-7-10-18(21-13-16)19-4-3-11-25-19/h3-11,13H,2,12,14H2,1H3,(H,22,23). The van der Waals surface area contributed by atoms with Gasteiger partial charge in [-0.1, -0.05) is 18.2 Å². The summed E-state index contributed by atoms with van der Waals surface area (Å²) in [6, 6.07) is 15.1. The second-order valence-corrected chi connectivity index (χ2v) is 5.56. The van der Waals surface area contributed by atoms with Crippen LogP contribution < -0.4 is 10.1 Å². The van der Waals surface area contributed by atoms with Gasteiger partial charge in [-0.15, -0.1) is 0 Å². The summed E-state index contributed by atoms with van der Waals surface area (Å²) in [5.41, 5.74) is 2.66. The highest BCUT2D eigenvalue weighted by Crippen LogP contribution is 2.17. The van der Waals surface area contributed by atoms with Crippen molar-refractivity contribution in [2.24, 2.45) is 0 Å². The van der Waals surface area contributed by atoms with Gasteiger partial charge in [0.15, 0.2) is 5.76 Å². The fraction of sp³-hybridized carbons (Fsp3) is 0.200. The monoisotopic (exact) mass is 336 g/mol. The molecule has 0 radical (unpaired) electrons. The van der Waals surface area contributed by atoms with E-state index < -0.39 is 0 Å². The van der Waals surface area contributed by atoms with E-state index in [2.05, 4.69) is 10.3 Å². The number of ether oxygens (including phenoxy) is 1. The predicted octanol–water partition coefficient (Wildman–Crippen LogP) is 3.60. The summed E-state index contributed by atoms with van der Waals surface area (Å²) in [6.07, 6.45) is 3.70. The maximum Gasteiger partial charge on any atom is 0.224 e. The second kappa shape index (κ2) is 8.15. The number of aromatic nitrogens is 1. The van der Waals surface area contributed by atoms with Crippen molar-refractivity contribution in [3.63, 3.8) is 0 Å². The van der Waals surface area contributed by atoms with Crippen LogP contribution in [0.15, 0.2) is 65.4 Å². The van der Waals surface area contributed by atoms with Gasteiger partial charge >= 0.3 is 0 Å². The van der Waals surface area contributed by atoms with Gasteiger partial charge in [-0.25, -0.2) is 0 Å². The number of amides is 1. The van der Waals surface area contributed by atoms with Gasteiger partial charge in [0.25, 0.3) is 0 Å². The molecule has 2 aromatic heterocycles. The molecule has 0 fully saturated rings.